The highest BCUT2D eigenvalue weighted by Crippen LogP contribution is 2.53. The van der Waals surface area contributed by atoms with Crippen LogP contribution in [0, 0.1) is 10.8 Å². The van der Waals surface area contributed by atoms with Gasteiger partial charge in [-0.1, -0.05) is 26.2 Å². The molecule has 5 nitrogen and oxygen atoms in total. The third-order valence-corrected chi connectivity index (χ3v) is 6.11. The third kappa shape index (κ3) is 3.57. The second-order valence-electron chi connectivity index (χ2n) is 8.17. The Bertz CT molecular complexity index is 442. The monoisotopic (exact) mass is 337 g/mol. The molecule has 2 atom stereocenters. The van der Waals surface area contributed by atoms with Gasteiger partial charge in [-0.25, -0.2) is 0 Å². The van der Waals surface area contributed by atoms with E-state index in [-0.39, 0.29) is 5.41 Å². The smallest absolute Gasteiger partial charge is 0.191 e. The molecule has 3 rings (SSSR count). The zero-order valence-electron chi connectivity index (χ0n) is 15.7. The molecule has 2 unspecified atom stereocenters. The maximum atomic E-state index is 6.07. The van der Waals surface area contributed by atoms with E-state index in [1.54, 1.807) is 0 Å². The summed E-state index contributed by atoms with van der Waals surface area (Å²) < 4.78 is 11.4. The van der Waals surface area contributed by atoms with Crippen LogP contribution in [0.15, 0.2) is 4.99 Å². The zero-order chi connectivity index (χ0) is 17.0. The molecule has 0 aromatic heterocycles. The van der Waals surface area contributed by atoms with Crippen LogP contribution in [0.2, 0.25) is 0 Å². The molecule has 1 aliphatic heterocycles. The van der Waals surface area contributed by atoms with E-state index < -0.39 is 0 Å². The van der Waals surface area contributed by atoms with E-state index in [1.807, 2.05) is 0 Å². The average Bonchev–Trinajstić information content (AvgIpc) is 2.57. The van der Waals surface area contributed by atoms with Crippen molar-refractivity contribution in [1.82, 2.24) is 10.6 Å². The Hall–Kier alpha value is -0.810. The summed E-state index contributed by atoms with van der Waals surface area (Å²) in [5, 5.41) is 7.17. The normalized spacial score (nSPS) is 31.2. The number of nitrogens with one attached hydrogen (secondary N) is 2. The van der Waals surface area contributed by atoms with Crippen molar-refractivity contribution in [1.29, 1.82) is 0 Å². The fourth-order valence-electron chi connectivity index (χ4n) is 4.56. The molecule has 0 radical (unpaired) electrons. The molecule has 0 bridgehead atoms. The topological polar surface area (TPSA) is 54.9 Å². The third-order valence-electron chi connectivity index (χ3n) is 6.11. The van der Waals surface area contributed by atoms with E-state index in [4.69, 9.17) is 14.5 Å². The lowest BCUT2D eigenvalue weighted by atomic mass is 9.55. The van der Waals surface area contributed by atoms with Gasteiger partial charge in [0.1, 0.15) is 0 Å². The van der Waals surface area contributed by atoms with Crippen LogP contribution in [0.3, 0.4) is 0 Å². The summed E-state index contributed by atoms with van der Waals surface area (Å²) in [6, 6.07) is 0.498. The van der Waals surface area contributed by atoms with E-state index in [0.717, 1.165) is 45.3 Å². The van der Waals surface area contributed by atoms with Gasteiger partial charge in [0.15, 0.2) is 5.96 Å². The molecular formula is C19H35N3O2. The number of hydrogen-bond acceptors (Lipinski definition) is 3. The number of ether oxygens (including phenoxy) is 2. The molecule has 0 amide bonds. The quantitative estimate of drug-likeness (QED) is 0.578. The molecule has 3 aliphatic rings. The molecule has 3 fully saturated rings. The van der Waals surface area contributed by atoms with E-state index in [2.05, 4.69) is 31.4 Å². The Balaban J connectivity index is 1.63. The van der Waals surface area contributed by atoms with Crippen LogP contribution in [-0.4, -0.2) is 51.0 Å². The Morgan fingerprint density at radius 3 is 2.54 bits per heavy atom. The number of nitrogens with zero attached hydrogens (tertiary/aromatic N) is 1. The van der Waals surface area contributed by atoms with Crippen molar-refractivity contribution in [3.63, 3.8) is 0 Å². The molecule has 5 heteroatoms. The predicted molar refractivity (Wildman–Crippen MR) is 97.4 cm³/mol. The van der Waals surface area contributed by atoms with Crippen molar-refractivity contribution in [2.75, 3.05) is 32.9 Å². The number of guanidine groups is 1. The van der Waals surface area contributed by atoms with Crippen molar-refractivity contribution < 1.29 is 9.47 Å². The van der Waals surface area contributed by atoms with Gasteiger partial charge < -0.3 is 20.1 Å². The summed E-state index contributed by atoms with van der Waals surface area (Å²) in [5.41, 5.74) is 0.548. The second-order valence-corrected chi connectivity index (χ2v) is 8.17. The summed E-state index contributed by atoms with van der Waals surface area (Å²) in [5.74, 6) is 0.968. The van der Waals surface area contributed by atoms with E-state index in [1.165, 1.54) is 32.1 Å². The fraction of sp³-hybridized carbons (Fsp3) is 0.947. The minimum atomic E-state index is 0.221. The van der Waals surface area contributed by atoms with Crippen molar-refractivity contribution >= 4 is 5.96 Å². The molecule has 0 aromatic rings. The van der Waals surface area contributed by atoms with E-state index in [9.17, 15) is 0 Å². The Labute approximate surface area is 147 Å². The molecule has 0 aromatic carbocycles. The lowest BCUT2D eigenvalue weighted by molar-refractivity contribution is -0.145. The first-order chi connectivity index (χ1) is 11.6. The highest BCUT2D eigenvalue weighted by Gasteiger charge is 2.55. The van der Waals surface area contributed by atoms with Crippen molar-refractivity contribution in [2.45, 2.75) is 71.4 Å². The number of rotatable bonds is 6. The van der Waals surface area contributed by atoms with Crippen molar-refractivity contribution in [3.05, 3.63) is 0 Å². The van der Waals surface area contributed by atoms with Crippen LogP contribution in [0.25, 0.3) is 0 Å². The minimum absolute atomic E-state index is 0.221. The summed E-state index contributed by atoms with van der Waals surface area (Å²) in [6.07, 6.45) is 8.18. The van der Waals surface area contributed by atoms with Gasteiger partial charge in [-0.15, -0.1) is 0 Å². The first-order valence-corrected chi connectivity index (χ1v) is 9.86. The lowest BCUT2D eigenvalue weighted by Gasteiger charge is -2.58. The first-order valence-electron chi connectivity index (χ1n) is 9.86. The number of aliphatic imine (C=N–C) groups is 1. The molecule has 2 N–H and O–H groups in total. The predicted octanol–water partition coefficient (Wildman–Crippen LogP) is 2.71. The van der Waals surface area contributed by atoms with Crippen molar-refractivity contribution in [2.24, 2.45) is 15.8 Å². The molecule has 1 saturated heterocycles. The Kier molecular flexibility index (Phi) is 5.70. The second kappa shape index (κ2) is 7.61. The van der Waals surface area contributed by atoms with Crippen LogP contribution < -0.4 is 10.6 Å². The number of hydrogen-bond donors (Lipinski definition) is 2. The van der Waals surface area contributed by atoms with Gasteiger partial charge in [-0.05, 0) is 33.1 Å². The van der Waals surface area contributed by atoms with Gasteiger partial charge in [0.2, 0.25) is 0 Å². The van der Waals surface area contributed by atoms with Gasteiger partial charge >= 0.3 is 0 Å². The van der Waals surface area contributed by atoms with Gasteiger partial charge in [0.25, 0.3) is 0 Å². The van der Waals surface area contributed by atoms with Gasteiger partial charge in [0.05, 0.1) is 25.9 Å². The van der Waals surface area contributed by atoms with Crippen LogP contribution >= 0.6 is 0 Å². The highest BCUT2D eigenvalue weighted by molar-refractivity contribution is 5.80. The van der Waals surface area contributed by atoms with Crippen LogP contribution in [0.5, 0.6) is 0 Å². The SMILES string of the molecule is CCNC(=NCC1(C)COC1)NC1CC(OCC)C12CCCCC2. The summed E-state index contributed by atoms with van der Waals surface area (Å²) >= 11 is 0. The summed E-state index contributed by atoms with van der Waals surface area (Å²) in [4.78, 5) is 4.85. The van der Waals surface area contributed by atoms with E-state index >= 15 is 0 Å². The molecular weight excluding hydrogens is 302 g/mol. The summed E-state index contributed by atoms with van der Waals surface area (Å²) in [6.45, 7) is 10.7. The van der Waals surface area contributed by atoms with Gasteiger partial charge in [0, 0.05) is 30.0 Å². The van der Waals surface area contributed by atoms with E-state index in [0.29, 0.717) is 17.6 Å². The molecule has 24 heavy (non-hydrogen) atoms. The maximum absolute atomic E-state index is 6.07. The minimum Gasteiger partial charge on any atom is -0.380 e. The zero-order valence-corrected chi connectivity index (χ0v) is 15.7. The van der Waals surface area contributed by atoms with Gasteiger partial charge in [-0.2, -0.15) is 0 Å². The van der Waals surface area contributed by atoms with Crippen LogP contribution in [0.1, 0.15) is 59.3 Å². The molecule has 2 saturated carbocycles. The molecule has 2 aliphatic carbocycles. The van der Waals surface area contributed by atoms with Crippen molar-refractivity contribution in [3.8, 4) is 0 Å². The van der Waals surface area contributed by atoms with Gasteiger partial charge in [-0.3, -0.25) is 4.99 Å². The standard InChI is InChI=1S/C19H35N3O2/c1-4-20-17(21-12-18(3)13-23-14-18)22-15-11-16(24-5-2)19(15)9-7-6-8-10-19/h15-16H,4-14H2,1-3H3,(H2,20,21,22). The molecule has 1 spiro atoms. The van der Waals surface area contributed by atoms with Crippen LogP contribution in [0.4, 0.5) is 0 Å². The molecule has 138 valence electrons. The highest BCUT2D eigenvalue weighted by atomic mass is 16.5. The maximum Gasteiger partial charge on any atom is 0.191 e. The average molecular weight is 338 g/mol. The lowest BCUT2D eigenvalue weighted by Crippen LogP contribution is -2.66. The first kappa shape index (κ1) is 18.0. The van der Waals surface area contributed by atoms with Crippen LogP contribution in [-0.2, 0) is 9.47 Å². The largest absolute Gasteiger partial charge is 0.380 e. The summed E-state index contributed by atoms with van der Waals surface area (Å²) in [7, 11) is 0. The molecule has 1 heterocycles. The Morgan fingerprint density at radius 1 is 1.21 bits per heavy atom. The fourth-order valence-corrected chi connectivity index (χ4v) is 4.56. The Morgan fingerprint density at radius 2 is 1.96 bits per heavy atom.